The fourth-order valence-electron chi connectivity index (χ4n) is 3.53. The molecule has 0 aromatic heterocycles. The molecule has 5 nitrogen and oxygen atoms in total. The van der Waals surface area contributed by atoms with E-state index in [0.717, 1.165) is 38.1 Å². The number of β-amino-alcohol motifs (C(OH)–C–C–N with tert-alkyl or cyclic N) is 1. The first-order valence-electron chi connectivity index (χ1n) is 8.76. The van der Waals surface area contributed by atoms with E-state index < -0.39 is 23.2 Å². The molecule has 2 heterocycles. The van der Waals surface area contributed by atoms with E-state index in [1.807, 2.05) is 0 Å². The molecule has 2 aliphatic heterocycles. The van der Waals surface area contributed by atoms with Crippen LogP contribution in [-0.2, 0) is 10.9 Å². The molecule has 8 heteroatoms. The average Bonchev–Trinajstić information content (AvgIpc) is 3.01. The summed E-state index contributed by atoms with van der Waals surface area (Å²) in [5.41, 5.74) is -1.80. The molecule has 144 valence electrons. The number of carbonyl (C=O) groups is 1. The molecular weight excluding hydrogens is 349 g/mol. The largest absolute Gasteiger partial charge is 0.416 e. The van der Waals surface area contributed by atoms with Crippen molar-refractivity contribution in [1.82, 2.24) is 9.80 Å². The topological polar surface area (TPSA) is 53.0 Å². The third-order valence-corrected chi connectivity index (χ3v) is 4.82. The van der Waals surface area contributed by atoms with Gasteiger partial charge in [-0.25, -0.2) is 0 Å². The summed E-state index contributed by atoms with van der Waals surface area (Å²) in [5.74, 6) is -0.399. The van der Waals surface area contributed by atoms with Gasteiger partial charge in [0.25, 0.3) is 5.91 Å². The molecule has 1 unspecified atom stereocenters. The Hall–Kier alpha value is -1.64. The number of likely N-dealkylation sites (tertiary alicyclic amines) is 1. The Morgan fingerprint density at radius 3 is 2.42 bits per heavy atom. The van der Waals surface area contributed by atoms with Gasteiger partial charge in [-0.3, -0.25) is 4.79 Å². The minimum atomic E-state index is -4.44. The van der Waals surface area contributed by atoms with E-state index in [0.29, 0.717) is 13.1 Å². The van der Waals surface area contributed by atoms with Crippen molar-refractivity contribution < 1.29 is 27.8 Å². The highest BCUT2D eigenvalue weighted by molar-refractivity contribution is 5.94. The number of benzene rings is 1. The summed E-state index contributed by atoms with van der Waals surface area (Å²) in [7, 11) is 0. The van der Waals surface area contributed by atoms with Crippen LogP contribution in [0.3, 0.4) is 0 Å². The molecule has 0 bridgehead atoms. The first-order valence-corrected chi connectivity index (χ1v) is 8.76. The normalized spacial score (nSPS) is 25.3. The lowest BCUT2D eigenvalue weighted by atomic mass is 10.0. The van der Waals surface area contributed by atoms with Crippen LogP contribution < -0.4 is 0 Å². The van der Waals surface area contributed by atoms with Crippen molar-refractivity contribution >= 4 is 5.91 Å². The summed E-state index contributed by atoms with van der Waals surface area (Å²) in [6, 6.07) is 4.16. The Bertz CT molecular complexity index is 630. The number of rotatable bonds is 3. The summed E-state index contributed by atoms with van der Waals surface area (Å²) in [5, 5.41) is 10.9. The fourth-order valence-corrected chi connectivity index (χ4v) is 3.53. The van der Waals surface area contributed by atoms with Crippen molar-refractivity contribution in [2.24, 2.45) is 0 Å². The maximum atomic E-state index is 12.7. The van der Waals surface area contributed by atoms with Crippen LogP contribution in [0.15, 0.2) is 24.3 Å². The van der Waals surface area contributed by atoms with Gasteiger partial charge in [-0.2, -0.15) is 13.2 Å². The van der Waals surface area contributed by atoms with E-state index in [-0.39, 0.29) is 25.3 Å². The molecule has 2 saturated heterocycles. The van der Waals surface area contributed by atoms with Crippen molar-refractivity contribution in [3.63, 3.8) is 0 Å². The standard InChI is InChI=1S/C18H23F3N2O3/c19-18(20,21)15-5-3-14(4-6-15)16(24)23-9-10-26-13-17(25,12-23)11-22-7-1-2-8-22/h3-6,25H,1-2,7-13H2. The number of carbonyl (C=O) groups excluding carboxylic acids is 1. The molecule has 0 spiro atoms. The van der Waals surface area contributed by atoms with Crippen molar-refractivity contribution in [1.29, 1.82) is 0 Å². The van der Waals surface area contributed by atoms with Crippen molar-refractivity contribution in [3.8, 4) is 0 Å². The lowest BCUT2D eigenvalue weighted by Gasteiger charge is -2.34. The van der Waals surface area contributed by atoms with E-state index in [1.54, 1.807) is 0 Å². The van der Waals surface area contributed by atoms with Crippen LogP contribution in [0.5, 0.6) is 0 Å². The second kappa shape index (κ2) is 7.54. The van der Waals surface area contributed by atoms with Gasteiger partial charge < -0.3 is 19.6 Å². The Morgan fingerprint density at radius 1 is 1.15 bits per heavy atom. The average molecular weight is 372 g/mol. The number of hydrogen-bond acceptors (Lipinski definition) is 4. The van der Waals surface area contributed by atoms with Crippen LogP contribution in [0.4, 0.5) is 13.2 Å². The third-order valence-electron chi connectivity index (χ3n) is 4.82. The van der Waals surface area contributed by atoms with E-state index in [9.17, 15) is 23.1 Å². The van der Waals surface area contributed by atoms with Crippen LogP contribution in [0.1, 0.15) is 28.8 Å². The van der Waals surface area contributed by atoms with Crippen LogP contribution in [0.25, 0.3) is 0 Å². The molecule has 1 aromatic carbocycles. The first kappa shape index (κ1) is 19.1. The zero-order chi connectivity index (χ0) is 18.8. The highest BCUT2D eigenvalue weighted by atomic mass is 19.4. The molecule has 2 fully saturated rings. The lowest BCUT2D eigenvalue weighted by molar-refractivity contribution is -0.137. The van der Waals surface area contributed by atoms with E-state index in [1.165, 1.54) is 17.0 Å². The van der Waals surface area contributed by atoms with Crippen LogP contribution in [0, 0.1) is 0 Å². The lowest BCUT2D eigenvalue weighted by Crippen LogP contribution is -2.53. The van der Waals surface area contributed by atoms with Gasteiger partial charge in [0.2, 0.25) is 0 Å². The molecule has 0 saturated carbocycles. The SMILES string of the molecule is O=C(c1ccc(C(F)(F)F)cc1)N1CCOCC(O)(CN2CCCC2)C1. The predicted octanol–water partition coefficient (Wildman–Crippen LogP) is 2.00. The molecule has 1 atom stereocenters. The molecule has 1 N–H and O–H groups in total. The van der Waals surface area contributed by atoms with Crippen molar-refractivity contribution in [3.05, 3.63) is 35.4 Å². The van der Waals surface area contributed by atoms with E-state index in [4.69, 9.17) is 4.74 Å². The first-order chi connectivity index (χ1) is 12.3. The number of halogens is 3. The Balaban J connectivity index is 1.71. The van der Waals surface area contributed by atoms with Crippen molar-refractivity contribution in [2.45, 2.75) is 24.6 Å². The van der Waals surface area contributed by atoms with Gasteiger partial charge in [0.15, 0.2) is 0 Å². The molecular formula is C18H23F3N2O3. The highest BCUT2D eigenvalue weighted by Crippen LogP contribution is 2.29. The number of nitrogens with zero attached hydrogens (tertiary/aromatic N) is 2. The Labute approximate surface area is 150 Å². The Kier molecular flexibility index (Phi) is 5.55. The number of ether oxygens (including phenoxy) is 1. The molecule has 0 radical (unpaired) electrons. The van der Waals surface area contributed by atoms with E-state index in [2.05, 4.69) is 4.90 Å². The zero-order valence-electron chi connectivity index (χ0n) is 14.5. The number of amides is 1. The predicted molar refractivity (Wildman–Crippen MR) is 88.8 cm³/mol. The highest BCUT2D eigenvalue weighted by Gasteiger charge is 2.37. The Morgan fingerprint density at radius 2 is 1.81 bits per heavy atom. The summed E-state index contributed by atoms with van der Waals surface area (Å²) < 4.78 is 43.5. The van der Waals surface area contributed by atoms with Gasteiger partial charge in [0.1, 0.15) is 5.60 Å². The minimum absolute atomic E-state index is 0.101. The van der Waals surface area contributed by atoms with Gasteiger partial charge in [0.05, 0.1) is 25.3 Å². The van der Waals surface area contributed by atoms with Gasteiger partial charge in [-0.15, -0.1) is 0 Å². The summed E-state index contributed by atoms with van der Waals surface area (Å²) in [6.45, 7) is 3.06. The van der Waals surface area contributed by atoms with E-state index >= 15 is 0 Å². The monoisotopic (exact) mass is 372 g/mol. The summed E-state index contributed by atoms with van der Waals surface area (Å²) in [6.07, 6.45) is -2.26. The molecule has 3 rings (SSSR count). The minimum Gasteiger partial charge on any atom is -0.384 e. The molecule has 2 aliphatic rings. The molecule has 0 aliphatic carbocycles. The quantitative estimate of drug-likeness (QED) is 0.882. The number of alkyl halides is 3. The van der Waals surface area contributed by atoms with Crippen LogP contribution in [-0.4, -0.2) is 72.4 Å². The number of aliphatic hydroxyl groups is 1. The second-order valence-electron chi connectivity index (χ2n) is 7.06. The second-order valence-corrected chi connectivity index (χ2v) is 7.06. The maximum Gasteiger partial charge on any atom is 0.416 e. The fraction of sp³-hybridized carbons (Fsp3) is 0.611. The van der Waals surface area contributed by atoms with Crippen LogP contribution in [0.2, 0.25) is 0 Å². The summed E-state index contributed by atoms with van der Waals surface area (Å²) in [4.78, 5) is 16.3. The summed E-state index contributed by atoms with van der Waals surface area (Å²) >= 11 is 0. The van der Waals surface area contributed by atoms with Gasteiger partial charge >= 0.3 is 6.18 Å². The number of hydrogen-bond donors (Lipinski definition) is 1. The van der Waals surface area contributed by atoms with Crippen molar-refractivity contribution in [2.75, 3.05) is 45.9 Å². The maximum absolute atomic E-state index is 12.7. The van der Waals surface area contributed by atoms with Gasteiger partial charge in [-0.05, 0) is 50.2 Å². The van der Waals surface area contributed by atoms with Gasteiger partial charge in [0, 0.05) is 18.7 Å². The molecule has 1 aromatic rings. The molecule has 1 amide bonds. The van der Waals surface area contributed by atoms with Crippen LogP contribution >= 0.6 is 0 Å². The molecule has 26 heavy (non-hydrogen) atoms. The smallest absolute Gasteiger partial charge is 0.384 e. The zero-order valence-corrected chi connectivity index (χ0v) is 14.5. The van der Waals surface area contributed by atoms with Gasteiger partial charge in [-0.1, -0.05) is 0 Å². The third kappa shape index (κ3) is 4.55.